The molecule has 0 bridgehead atoms. The van der Waals surface area contributed by atoms with Crippen molar-refractivity contribution < 1.29 is 33.0 Å². The maximum absolute atomic E-state index is 13.1. The number of phenolic OH excluding ortho intramolecular Hbond substituents is 1. The first kappa shape index (κ1) is 21.0. The normalized spacial score (nSPS) is 24.3. The second-order valence-electron chi connectivity index (χ2n) is 7.44. The van der Waals surface area contributed by atoms with Crippen LogP contribution in [0.15, 0.2) is 29.2 Å². The third kappa shape index (κ3) is 3.62. The number of hydrogen-bond acceptors (Lipinski definition) is 7. The summed E-state index contributed by atoms with van der Waals surface area (Å²) in [4.78, 5) is 12.1. The van der Waals surface area contributed by atoms with E-state index in [4.69, 9.17) is 14.7 Å². The van der Waals surface area contributed by atoms with Gasteiger partial charge in [0, 0.05) is 11.8 Å². The highest BCUT2D eigenvalue weighted by molar-refractivity contribution is 7.89. The van der Waals surface area contributed by atoms with Crippen LogP contribution in [0.25, 0.3) is 0 Å². The summed E-state index contributed by atoms with van der Waals surface area (Å²) in [7, 11) is -4.08. The molecule has 10 heteroatoms. The number of nitrogens with zero attached hydrogens (tertiary/aromatic N) is 1. The number of carbonyl (C=O) groups excluding carboxylic acids is 1. The van der Waals surface area contributed by atoms with Crippen molar-refractivity contribution in [2.45, 2.75) is 49.8 Å². The van der Waals surface area contributed by atoms with Crippen LogP contribution in [0.3, 0.4) is 0 Å². The number of carbonyl (C=O) groups is 1. The lowest BCUT2D eigenvalue weighted by Crippen LogP contribution is -2.51. The number of ether oxygens (including phenoxy) is 2. The highest BCUT2D eigenvalue weighted by Gasteiger charge is 2.56. The van der Waals surface area contributed by atoms with Gasteiger partial charge in [-0.05, 0) is 37.1 Å². The van der Waals surface area contributed by atoms with Crippen molar-refractivity contribution in [1.82, 2.24) is 9.79 Å². The Morgan fingerprint density at radius 2 is 1.79 bits per heavy atom. The monoisotopic (exact) mass is 414 g/mol. The van der Waals surface area contributed by atoms with E-state index < -0.39 is 27.8 Å². The minimum Gasteiger partial charge on any atom is -0.508 e. The van der Waals surface area contributed by atoms with E-state index in [2.05, 4.69) is 0 Å². The Bertz CT molecular complexity index is 811. The lowest BCUT2D eigenvalue weighted by molar-refractivity contribution is -0.296. The molecule has 1 atom stereocenters. The number of hydrogen-bond donors (Lipinski definition) is 3. The van der Waals surface area contributed by atoms with Crippen LogP contribution in [0.1, 0.15) is 33.1 Å². The van der Waals surface area contributed by atoms with E-state index in [0.29, 0.717) is 13.2 Å². The first-order valence-electron chi connectivity index (χ1n) is 9.24. The van der Waals surface area contributed by atoms with Gasteiger partial charge in [-0.1, -0.05) is 13.8 Å². The molecule has 1 spiro atoms. The Morgan fingerprint density at radius 1 is 1.21 bits per heavy atom. The van der Waals surface area contributed by atoms with Gasteiger partial charge in [-0.15, -0.1) is 0 Å². The molecule has 2 fully saturated rings. The van der Waals surface area contributed by atoms with Crippen LogP contribution in [-0.4, -0.2) is 60.5 Å². The molecule has 1 aromatic carbocycles. The third-order valence-corrected chi connectivity index (χ3v) is 7.76. The van der Waals surface area contributed by atoms with Crippen molar-refractivity contribution in [2.24, 2.45) is 5.41 Å². The summed E-state index contributed by atoms with van der Waals surface area (Å²) in [6.07, 6.45) is 1.69. The largest absolute Gasteiger partial charge is 0.508 e. The van der Waals surface area contributed by atoms with Crippen molar-refractivity contribution in [3.63, 3.8) is 0 Å². The summed E-state index contributed by atoms with van der Waals surface area (Å²) in [6.45, 7) is 4.73. The average molecular weight is 414 g/mol. The van der Waals surface area contributed by atoms with Crippen molar-refractivity contribution in [2.75, 3.05) is 19.8 Å². The van der Waals surface area contributed by atoms with Gasteiger partial charge in [0.05, 0.1) is 24.7 Å². The van der Waals surface area contributed by atoms with E-state index in [0.717, 1.165) is 17.1 Å². The molecular formula is C18H26N2O7S. The molecule has 2 aliphatic heterocycles. The lowest BCUT2D eigenvalue weighted by atomic mass is 9.83. The summed E-state index contributed by atoms with van der Waals surface area (Å²) in [6, 6.07) is 3.84. The van der Waals surface area contributed by atoms with Gasteiger partial charge < -0.3 is 14.6 Å². The molecule has 0 aromatic heterocycles. The van der Waals surface area contributed by atoms with Crippen molar-refractivity contribution in [1.29, 1.82) is 0 Å². The highest BCUT2D eigenvalue weighted by Crippen LogP contribution is 2.43. The van der Waals surface area contributed by atoms with Crippen molar-refractivity contribution >= 4 is 15.9 Å². The number of aromatic hydroxyl groups is 1. The van der Waals surface area contributed by atoms with Gasteiger partial charge in [0.15, 0.2) is 5.79 Å². The number of hydroxylamine groups is 1. The van der Waals surface area contributed by atoms with Gasteiger partial charge in [0.2, 0.25) is 10.0 Å². The van der Waals surface area contributed by atoms with E-state index in [1.807, 2.05) is 13.8 Å². The maximum Gasteiger partial charge on any atom is 0.261 e. The minimum atomic E-state index is -4.08. The molecule has 2 heterocycles. The fourth-order valence-corrected chi connectivity index (χ4v) is 5.26. The molecule has 3 rings (SSSR count). The third-order valence-electron chi connectivity index (χ3n) is 5.89. The summed E-state index contributed by atoms with van der Waals surface area (Å²) in [5.41, 5.74) is 1.40. The fourth-order valence-electron chi connectivity index (χ4n) is 3.63. The van der Waals surface area contributed by atoms with Gasteiger partial charge in [0.25, 0.3) is 5.91 Å². The van der Waals surface area contributed by atoms with Gasteiger partial charge in [0.1, 0.15) is 11.8 Å². The van der Waals surface area contributed by atoms with E-state index in [1.165, 1.54) is 29.7 Å². The predicted octanol–water partition coefficient (Wildman–Crippen LogP) is 1.21. The molecule has 0 radical (unpaired) electrons. The summed E-state index contributed by atoms with van der Waals surface area (Å²) >= 11 is 0. The first-order valence-corrected chi connectivity index (χ1v) is 10.7. The maximum atomic E-state index is 13.1. The second kappa shape index (κ2) is 7.60. The van der Waals surface area contributed by atoms with E-state index in [-0.39, 0.29) is 29.0 Å². The molecule has 2 saturated heterocycles. The zero-order chi connectivity index (χ0) is 20.6. The van der Waals surface area contributed by atoms with Crippen LogP contribution in [0, 0.1) is 5.41 Å². The number of benzene rings is 1. The highest BCUT2D eigenvalue weighted by atomic mass is 32.2. The Morgan fingerprint density at radius 3 is 2.29 bits per heavy atom. The van der Waals surface area contributed by atoms with E-state index in [1.54, 1.807) is 0 Å². The minimum absolute atomic E-state index is 0.0276. The van der Waals surface area contributed by atoms with Crippen molar-refractivity contribution in [3.8, 4) is 5.75 Å². The second-order valence-corrected chi connectivity index (χ2v) is 9.33. The van der Waals surface area contributed by atoms with Crippen LogP contribution in [0.5, 0.6) is 5.75 Å². The predicted molar refractivity (Wildman–Crippen MR) is 98.0 cm³/mol. The van der Waals surface area contributed by atoms with Crippen LogP contribution < -0.4 is 5.48 Å². The lowest BCUT2D eigenvalue weighted by Gasteiger charge is -2.44. The number of amides is 1. The molecule has 28 heavy (non-hydrogen) atoms. The number of sulfonamides is 1. The standard InChI is InChI=1S/C18H26N2O7S/c1-3-17(4-2)11-26-18(27-12-17)9-15(16(22)19-23)20(10-18)28(24,25)14-7-5-13(21)6-8-14/h5-8,15,21,23H,3-4,9-12H2,1-2H3,(H,19,22)/t15-/m1/s1. The Balaban J connectivity index is 1.90. The van der Waals surface area contributed by atoms with Crippen LogP contribution in [-0.2, 0) is 24.3 Å². The summed E-state index contributed by atoms with van der Waals surface area (Å²) in [5.74, 6) is -2.17. The van der Waals surface area contributed by atoms with Crippen LogP contribution in [0.2, 0.25) is 0 Å². The first-order chi connectivity index (χ1) is 13.2. The van der Waals surface area contributed by atoms with Crippen LogP contribution >= 0.6 is 0 Å². The molecule has 0 saturated carbocycles. The Labute approximate surface area is 164 Å². The average Bonchev–Trinajstić information content (AvgIpc) is 3.09. The molecule has 2 aliphatic rings. The topological polar surface area (TPSA) is 125 Å². The van der Waals surface area contributed by atoms with Gasteiger partial charge in [-0.25, -0.2) is 13.9 Å². The smallest absolute Gasteiger partial charge is 0.261 e. The fraction of sp³-hybridized carbons (Fsp3) is 0.611. The summed E-state index contributed by atoms with van der Waals surface area (Å²) in [5, 5.41) is 18.5. The van der Waals surface area contributed by atoms with Gasteiger partial charge in [-0.2, -0.15) is 4.31 Å². The number of nitrogens with one attached hydrogen (secondary N) is 1. The van der Waals surface area contributed by atoms with E-state index in [9.17, 15) is 18.3 Å². The molecule has 3 N–H and O–H groups in total. The Hall–Kier alpha value is -1.72. The van der Waals surface area contributed by atoms with E-state index >= 15 is 0 Å². The molecule has 9 nitrogen and oxygen atoms in total. The number of phenols is 1. The van der Waals surface area contributed by atoms with Crippen molar-refractivity contribution in [3.05, 3.63) is 24.3 Å². The summed E-state index contributed by atoms with van der Waals surface area (Å²) < 4.78 is 39.2. The SMILES string of the molecule is CCC1(CC)COC2(C[C@H](C(=O)NO)N(S(=O)(=O)c3ccc(O)cc3)C2)OC1. The zero-order valence-electron chi connectivity index (χ0n) is 15.9. The molecular weight excluding hydrogens is 388 g/mol. The molecule has 1 aromatic rings. The molecule has 0 aliphatic carbocycles. The Kier molecular flexibility index (Phi) is 5.70. The zero-order valence-corrected chi connectivity index (χ0v) is 16.7. The number of rotatable bonds is 5. The molecule has 1 amide bonds. The molecule has 156 valence electrons. The van der Waals surface area contributed by atoms with Gasteiger partial charge in [-0.3, -0.25) is 10.0 Å². The van der Waals surface area contributed by atoms with Gasteiger partial charge >= 0.3 is 0 Å². The quantitative estimate of drug-likeness (QED) is 0.488. The molecule has 0 unspecified atom stereocenters. The van der Waals surface area contributed by atoms with Crippen LogP contribution in [0.4, 0.5) is 0 Å².